The van der Waals surface area contributed by atoms with Crippen molar-refractivity contribution in [2.75, 3.05) is 38.8 Å². The van der Waals surface area contributed by atoms with Gasteiger partial charge >= 0.3 is 12.1 Å². The molecule has 0 aromatic heterocycles. The molecule has 0 radical (unpaired) electrons. The zero-order valence-electron chi connectivity index (χ0n) is 32.6. The Hall–Kier alpha value is -4.59. The molecule has 4 atom stereocenters. The van der Waals surface area contributed by atoms with Crippen molar-refractivity contribution in [3.05, 3.63) is 47.5 Å². The average molecular weight is 770 g/mol. The molecule has 0 spiro atoms. The van der Waals surface area contributed by atoms with E-state index in [1.54, 1.807) is 75.9 Å². The number of hydrogen-bond acceptors (Lipinski definition) is 10. The fraction of sp³-hybridized carbons (Fsp3) is 0.550. The molecule has 1 aliphatic heterocycles. The van der Waals surface area contributed by atoms with Crippen LogP contribution in [-0.2, 0) is 35.1 Å². The Morgan fingerprint density at radius 2 is 1.67 bits per heavy atom. The van der Waals surface area contributed by atoms with E-state index in [9.17, 15) is 33.9 Å². The number of aliphatic carboxylic acids is 1. The number of benzene rings is 2. The quantitative estimate of drug-likeness (QED) is 0.192. The maximum atomic E-state index is 14.3. The minimum Gasteiger partial charge on any atom is -0.493 e. The molecule has 2 aromatic rings. The second-order valence-corrected chi connectivity index (χ2v) is 15.6. The maximum absolute atomic E-state index is 14.3. The monoisotopic (exact) mass is 769 g/mol. The Morgan fingerprint density at radius 1 is 1.02 bits per heavy atom. The number of fused-ring (bicyclic) bond motifs is 5. The third-order valence-corrected chi connectivity index (χ3v) is 9.39. The van der Waals surface area contributed by atoms with Gasteiger partial charge in [0.1, 0.15) is 41.6 Å². The molecule has 296 valence electrons. The van der Waals surface area contributed by atoms with E-state index in [2.05, 4.69) is 10.6 Å². The van der Waals surface area contributed by atoms with Gasteiger partial charge in [0.05, 0.1) is 13.2 Å². The number of hydrogen-bond donors (Lipinski definition) is 3. The standard InChI is InChI=1S/C40H55N3O10S/c1-9-16-51-34-13-11-27-23-30(34)29-21-26(10-12-33(29)52-17-15-41-39(50)53-40(4,5)6)22-31(38(48)49)42-36(46)24(2)19-32(45)35(27)43(7)37(47)28(14-18-54-8)20-25(3)44/h10-13,21,23-24,28,31,35H,9,14-20,22H2,1-8H3,(H,41,50)(H,42,46)(H,48,49)/t24-,28-,31+,35+/m1/s1. The van der Waals surface area contributed by atoms with Crippen molar-refractivity contribution in [1.82, 2.24) is 15.5 Å². The van der Waals surface area contributed by atoms with Crippen molar-refractivity contribution < 1.29 is 48.1 Å². The highest BCUT2D eigenvalue weighted by atomic mass is 32.2. The normalized spacial score (nSPS) is 18.0. The number of alkyl carbamates (subject to hydrolysis) is 1. The van der Waals surface area contributed by atoms with Crippen molar-refractivity contribution in [2.45, 2.75) is 91.3 Å². The molecule has 1 heterocycles. The summed E-state index contributed by atoms with van der Waals surface area (Å²) in [7, 11) is 1.53. The highest BCUT2D eigenvalue weighted by Crippen LogP contribution is 2.41. The van der Waals surface area contributed by atoms with Crippen molar-refractivity contribution in [3.63, 3.8) is 0 Å². The van der Waals surface area contributed by atoms with E-state index in [0.29, 0.717) is 59.0 Å². The minimum atomic E-state index is -1.30. The highest BCUT2D eigenvalue weighted by molar-refractivity contribution is 7.98. The molecule has 0 fully saturated rings. The molecule has 3 amide bonds. The van der Waals surface area contributed by atoms with Crippen LogP contribution in [0.5, 0.6) is 11.5 Å². The molecule has 13 nitrogen and oxygen atoms in total. The lowest BCUT2D eigenvalue weighted by molar-refractivity contribution is -0.144. The van der Waals surface area contributed by atoms with Crippen molar-refractivity contribution >= 4 is 47.2 Å². The second kappa shape index (κ2) is 20.2. The lowest BCUT2D eigenvalue weighted by Crippen LogP contribution is -2.45. The molecular weight excluding hydrogens is 715 g/mol. The van der Waals surface area contributed by atoms with Crippen LogP contribution in [0.1, 0.15) is 84.4 Å². The Balaban J connectivity index is 2.23. The fourth-order valence-corrected chi connectivity index (χ4v) is 6.67. The topological polar surface area (TPSA) is 178 Å². The van der Waals surface area contributed by atoms with Gasteiger partial charge in [0.2, 0.25) is 11.8 Å². The molecule has 0 aliphatic carbocycles. The number of nitrogens with one attached hydrogen (secondary N) is 2. The summed E-state index contributed by atoms with van der Waals surface area (Å²) in [5, 5.41) is 15.4. The number of carbonyl (C=O) groups excluding carboxylic acids is 5. The maximum Gasteiger partial charge on any atom is 0.407 e. The summed E-state index contributed by atoms with van der Waals surface area (Å²) in [6.45, 7) is 10.7. The Bertz CT molecular complexity index is 1670. The van der Waals surface area contributed by atoms with Crippen LogP contribution in [0.4, 0.5) is 4.79 Å². The first kappa shape index (κ1) is 43.8. The zero-order chi connectivity index (χ0) is 40.2. The summed E-state index contributed by atoms with van der Waals surface area (Å²) < 4.78 is 17.7. The van der Waals surface area contributed by atoms with Crippen molar-refractivity contribution in [2.24, 2.45) is 11.8 Å². The number of ether oxygens (including phenoxy) is 3. The smallest absolute Gasteiger partial charge is 0.407 e. The number of amides is 3. The number of carboxylic acids is 1. The number of rotatable bonds is 15. The van der Waals surface area contributed by atoms with Gasteiger partial charge in [-0.1, -0.05) is 26.0 Å². The van der Waals surface area contributed by atoms with Gasteiger partial charge in [0, 0.05) is 49.3 Å². The van der Waals surface area contributed by atoms with Gasteiger partial charge in [-0.2, -0.15) is 11.8 Å². The zero-order valence-corrected chi connectivity index (χ0v) is 33.4. The summed E-state index contributed by atoms with van der Waals surface area (Å²) in [5.74, 6) is -2.91. The molecule has 3 N–H and O–H groups in total. The molecule has 0 saturated heterocycles. The van der Waals surface area contributed by atoms with E-state index < -0.39 is 53.3 Å². The Kier molecular flexibility index (Phi) is 16.4. The van der Waals surface area contributed by atoms with Crippen LogP contribution < -0.4 is 20.1 Å². The molecule has 0 unspecified atom stereocenters. The van der Waals surface area contributed by atoms with Crippen LogP contribution in [0.25, 0.3) is 11.1 Å². The summed E-state index contributed by atoms with van der Waals surface area (Å²) >= 11 is 1.55. The van der Waals surface area contributed by atoms with E-state index in [4.69, 9.17) is 14.2 Å². The van der Waals surface area contributed by atoms with E-state index in [1.807, 2.05) is 13.2 Å². The van der Waals surface area contributed by atoms with E-state index in [1.165, 1.54) is 18.9 Å². The number of likely N-dealkylation sites (N-methyl/N-ethyl adjacent to an activating group) is 1. The third kappa shape index (κ3) is 12.8. The van der Waals surface area contributed by atoms with E-state index >= 15 is 0 Å². The molecule has 1 aliphatic rings. The van der Waals surface area contributed by atoms with Gasteiger partial charge < -0.3 is 39.6 Å². The van der Waals surface area contributed by atoms with Crippen LogP contribution in [0, 0.1) is 11.8 Å². The van der Waals surface area contributed by atoms with Gasteiger partial charge in [0.25, 0.3) is 0 Å². The molecular formula is C40H55N3O10S. The largest absolute Gasteiger partial charge is 0.493 e. The van der Waals surface area contributed by atoms with Crippen LogP contribution in [0.15, 0.2) is 36.4 Å². The van der Waals surface area contributed by atoms with Crippen molar-refractivity contribution in [3.8, 4) is 22.6 Å². The number of ketones is 2. The molecule has 3 rings (SSSR count). The first-order valence-corrected chi connectivity index (χ1v) is 19.7. The first-order valence-electron chi connectivity index (χ1n) is 18.3. The van der Waals surface area contributed by atoms with Crippen molar-refractivity contribution in [1.29, 1.82) is 0 Å². The fourth-order valence-electron chi connectivity index (χ4n) is 6.15. The Morgan fingerprint density at radius 3 is 2.28 bits per heavy atom. The van der Waals surface area contributed by atoms with Crippen LogP contribution in [-0.4, -0.2) is 95.9 Å². The highest BCUT2D eigenvalue weighted by Gasteiger charge is 2.36. The number of Topliss-reactive ketones (excluding diaryl/α,β-unsaturated/α-hetero) is 2. The van der Waals surface area contributed by atoms with E-state index in [0.717, 1.165) is 0 Å². The number of carbonyl (C=O) groups is 6. The van der Waals surface area contributed by atoms with Gasteiger partial charge in [-0.05, 0) is 87.9 Å². The Labute approximate surface area is 322 Å². The van der Waals surface area contributed by atoms with Gasteiger partial charge in [-0.25, -0.2) is 9.59 Å². The summed E-state index contributed by atoms with van der Waals surface area (Å²) in [5.41, 5.74) is 1.39. The molecule has 54 heavy (non-hydrogen) atoms. The minimum absolute atomic E-state index is 0.0192. The van der Waals surface area contributed by atoms with E-state index in [-0.39, 0.29) is 44.1 Å². The summed E-state index contributed by atoms with van der Waals surface area (Å²) in [6, 6.07) is 7.88. The van der Waals surface area contributed by atoms with Crippen LogP contribution >= 0.6 is 11.8 Å². The number of nitrogens with zero attached hydrogens (tertiary/aromatic N) is 1. The molecule has 2 aromatic carbocycles. The SMILES string of the molecule is CCCOc1ccc2cc1-c1cc(ccc1OCCNC(=O)OC(C)(C)C)C[C@@H](C(=O)O)NC(=O)[C@H](C)CC(=O)[C@H]2N(C)C(=O)[C@H](CCSC)CC(C)=O. The molecule has 4 bridgehead atoms. The van der Waals surface area contributed by atoms with Gasteiger partial charge in [-0.3, -0.25) is 14.4 Å². The van der Waals surface area contributed by atoms with Crippen LogP contribution in [0.2, 0.25) is 0 Å². The summed E-state index contributed by atoms with van der Waals surface area (Å²) in [4.78, 5) is 80.0. The predicted molar refractivity (Wildman–Crippen MR) is 207 cm³/mol. The lowest BCUT2D eigenvalue weighted by Gasteiger charge is -2.32. The number of thioether (sulfide) groups is 1. The lowest BCUT2D eigenvalue weighted by atomic mass is 9.89. The number of carboxylic acid groups (broad SMARTS) is 1. The summed E-state index contributed by atoms with van der Waals surface area (Å²) in [6.07, 6.45) is 2.12. The molecule has 0 saturated carbocycles. The molecule has 14 heteroatoms. The van der Waals surface area contributed by atoms with Gasteiger partial charge in [0.15, 0.2) is 5.78 Å². The third-order valence-electron chi connectivity index (χ3n) is 8.75. The van der Waals surface area contributed by atoms with Crippen LogP contribution in [0.3, 0.4) is 0 Å². The first-order chi connectivity index (χ1) is 25.4. The predicted octanol–water partition coefficient (Wildman–Crippen LogP) is 5.61. The second-order valence-electron chi connectivity index (χ2n) is 14.6. The average Bonchev–Trinajstić information content (AvgIpc) is 3.09. The van der Waals surface area contributed by atoms with Gasteiger partial charge in [-0.15, -0.1) is 0 Å².